The van der Waals surface area contributed by atoms with Crippen LogP contribution in [0.1, 0.15) is 37.2 Å². The fourth-order valence-electron chi connectivity index (χ4n) is 2.38. The molecule has 2 rings (SSSR count). The summed E-state index contributed by atoms with van der Waals surface area (Å²) in [5, 5.41) is 4.38. The topological polar surface area (TPSA) is 29.9 Å². The summed E-state index contributed by atoms with van der Waals surface area (Å²) >= 11 is 9.79. The fraction of sp³-hybridized carbons (Fsp3) is 0.438. The quantitative estimate of drug-likeness (QED) is 0.777. The van der Waals surface area contributed by atoms with Gasteiger partial charge in [-0.05, 0) is 43.1 Å². The summed E-state index contributed by atoms with van der Waals surface area (Å²) in [6.45, 7) is 3.17. The van der Waals surface area contributed by atoms with Crippen LogP contribution in [0.2, 0.25) is 5.02 Å². The lowest BCUT2D eigenvalue weighted by molar-refractivity contribution is 0.490. The molecule has 21 heavy (non-hydrogen) atoms. The molecule has 0 saturated carbocycles. The monoisotopic (exact) mass is 369 g/mol. The number of aryl methyl sites for hydroxylation is 2. The highest BCUT2D eigenvalue weighted by Crippen LogP contribution is 2.29. The second-order valence-electron chi connectivity index (χ2n) is 5.17. The minimum absolute atomic E-state index is 0.273. The van der Waals surface area contributed by atoms with Crippen LogP contribution in [0.3, 0.4) is 0 Å². The van der Waals surface area contributed by atoms with E-state index in [4.69, 9.17) is 11.6 Å². The van der Waals surface area contributed by atoms with Crippen LogP contribution in [0.15, 0.2) is 35.1 Å². The largest absolute Gasteiger partial charge is 0.338 e. The molecule has 5 heteroatoms. The molecule has 2 aromatic rings. The Labute approximate surface area is 139 Å². The van der Waals surface area contributed by atoms with Crippen molar-refractivity contribution in [1.82, 2.24) is 14.9 Å². The van der Waals surface area contributed by atoms with Gasteiger partial charge in [-0.25, -0.2) is 4.98 Å². The van der Waals surface area contributed by atoms with Gasteiger partial charge in [-0.3, -0.25) is 0 Å². The Hall–Kier alpha value is -0.840. The molecule has 1 aromatic heterocycles. The van der Waals surface area contributed by atoms with Crippen LogP contribution >= 0.6 is 27.5 Å². The SMILES string of the molecule is CCCNC(CCc1nccn1C)c1cc(Cl)ccc1Br. The molecule has 0 fully saturated rings. The van der Waals surface area contributed by atoms with E-state index in [-0.39, 0.29) is 6.04 Å². The summed E-state index contributed by atoms with van der Waals surface area (Å²) in [7, 11) is 2.03. The Morgan fingerprint density at radius 2 is 2.24 bits per heavy atom. The molecule has 1 heterocycles. The van der Waals surface area contributed by atoms with Gasteiger partial charge in [0.25, 0.3) is 0 Å². The van der Waals surface area contributed by atoms with Crippen LogP contribution in [0.4, 0.5) is 0 Å². The lowest BCUT2D eigenvalue weighted by atomic mass is 10.0. The summed E-state index contributed by atoms with van der Waals surface area (Å²) in [6, 6.07) is 6.23. The second-order valence-corrected chi connectivity index (χ2v) is 6.46. The predicted octanol–water partition coefficient (Wildman–Crippen LogP) is 4.51. The third-order valence-corrected chi connectivity index (χ3v) is 4.51. The van der Waals surface area contributed by atoms with Gasteiger partial charge in [-0.1, -0.05) is 34.5 Å². The standard InChI is InChI=1S/C16H21BrClN3/c1-3-8-19-15(6-7-16-20-9-10-21(16)2)13-11-12(18)4-5-14(13)17/h4-5,9-11,15,19H,3,6-8H2,1-2H3. The van der Waals surface area contributed by atoms with Crippen molar-refractivity contribution >= 4 is 27.5 Å². The minimum atomic E-state index is 0.273. The Kier molecular flexibility index (Phi) is 6.27. The number of benzene rings is 1. The van der Waals surface area contributed by atoms with Crippen molar-refractivity contribution in [2.75, 3.05) is 6.54 Å². The Bertz CT molecular complexity index is 583. The van der Waals surface area contributed by atoms with Gasteiger partial charge in [-0.2, -0.15) is 0 Å². The van der Waals surface area contributed by atoms with E-state index in [0.717, 1.165) is 41.1 Å². The third-order valence-electron chi connectivity index (χ3n) is 3.55. The van der Waals surface area contributed by atoms with E-state index < -0.39 is 0 Å². The van der Waals surface area contributed by atoms with E-state index in [1.54, 1.807) is 0 Å². The first-order valence-electron chi connectivity index (χ1n) is 7.26. The second kappa shape index (κ2) is 7.97. The molecule has 1 N–H and O–H groups in total. The minimum Gasteiger partial charge on any atom is -0.338 e. The van der Waals surface area contributed by atoms with Crippen LogP contribution in [-0.4, -0.2) is 16.1 Å². The number of rotatable bonds is 7. The first-order valence-corrected chi connectivity index (χ1v) is 8.43. The van der Waals surface area contributed by atoms with E-state index in [1.807, 2.05) is 37.6 Å². The lowest BCUT2D eigenvalue weighted by Gasteiger charge is -2.20. The van der Waals surface area contributed by atoms with Crippen molar-refractivity contribution in [3.63, 3.8) is 0 Å². The first-order chi connectivity index (χ1) is 10.1. The first kappa shape index (κ1) is 16.5. The summed E-state index contributed by atoms with van der Waals surface area (Å²) in [6.07, 6.45) is 6.86. The average molecular weight is 371 g/mol. The summed E-state index contributed by atoms with van der Waals surface area (Å²) in [5.74, 6) is 1.11. The zero-order chi connectivity index (χ0) is 15.2. The van der Waals surface area contributed by atoms with Crippen LogP contribution in [0.5, 0.6) is 0 Å². The van der Waals surface area contributed by atoms with Gasteiger partial charge in [0.05, 0.1) is 0 Å². The Morgan fingerprint density at radius 1 is 1.43 bits per heavy atom. The van der Waals surface area contributed by atoms with E-state index in [9.17, 15) is 0 Å². The molecule has 1 atom stereocenters. The highest BCUT2D eigenvalue weighted by molar-refractivity contribution is 9.10. The van der Waals surface area contributed by atoms with Crippen LogP contribution in [0, 0.1) is 0 Å². The van der Waals surface area contributed by atoms with E-state index in [1.165, 1.54) is 5.56 Å². The summed E-state index contributed by atoms with van der Waals surface area (Å²) < 4.78 is 3.17. The zero-order valence-corrected chi connectivity index (χ0v) is 14.8. The van der Waals surface area contributed by atoms with Crippen molar-refractivity contribution < 1.29 is 0 Å². The van der Waals surface area contributed by atoms with Gasteiger partial charge in [0, 0.05) is 41.4 Å². The maximum atomic E-state index is 6.15. The molecule has 0 radical (unpaired) electrons. The van der Waals surface area contributed by atoms with E-state index in [2.05, 4.69) is 37.7 Å². The van der Waals surface area contributed by atoms with Gasteiger partial charge >= 0.3 is 0 Å². The molecular weight excluding hydrogens is 350 g/mol. The van der Waals surface area contributed by atoms with Gasteiger partial charge in [0.15, 0.2) is 0 Å². The zero-order valence-electron chi connectivity index (χ0n) is 12.4. The normalized spacial score (nSPS) is 12.6. The lowest BCUT2D eigenvalue weighted by Crippen LogP contribution is -2.23. The van der Waals surface area contributed by atoms with Crippen molar-refractivity contribution in [2.45, 2.75) is 32.2 Å². The maximum absolute atomic E-state index is 6.15. The number of halogens is 2. The third kappa shape index (κ3) is 4.56. The summed E-state index contributed by atoms with van der Waals surface area (Å²) in [4.78, 5) is 4.40. The molecule has 0 aliphatic carbocycles. The number of hydrogen-bond donors (Lipinski definition) is 1. The fourth-order valence-corrected chi connectivity index (χ4v) is 3.08. The van der Waals surface area contributed by atoms with Gasteiger partial charge in [0.1, 0.15) is 5.82 Å². The van der Waals surface area contributed by atoms with Crippen molar-refractivity contribution in [1.29, 1.82) is 0 Å². The molecule has 1 unspecified atom stereocenters. The molecular formula is C16H21BrClN3. The molecule has 0 spiro atoms. The Balaban J connectivity index is 2.13. The van der Waals surface area contributed by atoms with Crippen molar-refractivity contribution in [3.8, 4) is 0 Å². The molecule has 0 saturated heterocycles. The van der Waals surface area contributed by atoms with Crippen LogP contribution in [0.25, 0.3) is 0 Å². The smallest absolute Gasteiger partial charge is 0.108 e. The van der Waals surface area contributed by atoms with Crippen LogP contribution in [-0.2, 0) is 13.5 Å². The molecule has 0 amide bonds. The number of hydrogen-bond acceptors (Lipinski definition) is 2. The highest BCUT2D eigenvalue weighted by atomic mass is 79.9. The van der Waals surface area contributed by atoms with Gasteiger partial charge < -0.3 is 9.88 Å². The highest BCUT2D eigenvalue weighted by Gasteiger charge is 2.15. The number of aromatic nitrogens is 2. The van der Waals surface area contributed by atoms with E-state index >= 15 is 0 Å². The van der Waals surface area contributed by atoms with Gasteiger partial charge in [-0.15, -0.1) is 0 Å². The van der Waals surface area contributed by atoms with Crippen LogP contribution < -0.4 is 5.32 Å². The maximum Gasteiger partial charge on any atom is 0.108 e. The predicted molar refractivity (Wildman–Crippen MR) is 91.7 cm³/mol. The molecule has 114 valence electrons. The molecule has 0 aliphatic heterocycles. The van der Waals surface area contributed by atoms with E-state index in [0.29, 0.717) is 0 Å². The number of nitrogens with zero attached hydrogens (tertiary/aromatic N) is 2. The van der Waals surface area contributed by atoms with Crippen molar-refractivity contribution in [2.24, 2.45) is 7.05 Å². The van der Waals surface area contributed by atoms with Crippen molar-refractivity contribution in [3.05, 3.63) is 51.5 Å². The molecule has 3 nitrogen and oxygen atoms in total. The van der Waals surface area contributed by atoms with Gasteiger partial charge in [0.2, 0.25) is 0 Å². The average Bonchev–Trinajstić information content (AvgIpc) is 2.87. The molecule has 1 aromatic carbocycles. The Morgan fingerprint density at radius 3 is 2.90 bits per heavy atom. The number of imidazole rings is 1. The molecule has 0 bridgehead atoms. The molecule has 0 aliphatic rings. The summed E-state index contributed by atoms with van der Waals surface area (Å²) in [5.41, 5.74) is 1.21. The number of nitrogens with one attached hydrogen (secondary N) is 1.